The Balaban J connectivity index is 1.89. The summed E-state index contributed by atoms with van der Waals surface area (Å²) in [5.41, 5.74) is 0.886. The van der Waals surface area contributed by atoms with Gasteiger partial charge in [0.15, 0.2) is 5.96 Å². The first-order valence-corrected chi connectivity index (χ1v) is 6.87. The molecule has 2 aromatic rings. The van der Waals surface area contributed by atoms with Gasteiger partial charge in [-0.15, -0.1) is 11.3 Å². The maximum atomic E-state index is 4.83. The smallest absolute Gasteiger partial charge is 0.194 e. The first kappa shape index (κ1) is 13.6. The van der Waals surface area contributed by atoms with E-state index in [9.17, 15) is 0 Å². The van der Waals surface area contributed by atoms with E-state index < -0.39 is 0 Å². The van der Waals surface area contributed by atoms with Crippen molar-refractivity contribution in [2.75, 3.05) is 14.1 Å². The Kier molecular flexibility index (Phi) is 4.57. The Morgan fingerprint density at radius 1 is 1.47 bits per heavy atom. The molecule has 0 saturated carbocycles. The van der Waals surface area contributed by atoms with Crippen LogP contribution in [0.2, 0.25) is 0 Å². The monoisotopic (exact) mass is 278 g/mol. The summed E-state index contributed by atoms with van der Waals surface area (Å²) >= 11 is 1.79. The van der Waals surface area contributed by atoms with Crippen LogP contribution in [0.5, 0.6) is 0 Å². The molecular weight excluding hydrogens is 260 g/mol. The van der Waals surface area contributed by atoms with E-state index in [2.05, 4.69) is 34.5 Å². The highest BCUT2D eigenvalue weighted by Gasteiger charge is 2.08. The highest BCUT2D eigenvalue weighted by Crippen LogP contribution is 2.14. The number of guanidine groups is 1. The normalized spacial score (nSPS) is 11.6. The van der Waals surface area contributed by atoms with E-state index >= 15 is 0 Å². The lowest BCUT2D eigenvalue weighted by atomic mass is 10.4. The molecule has 0 aliphatic heterocycles. The van der Waals surface area contributed by atoms with Gasteiger partial charge in [0.1, 0.15) is 12.0 Å². The van der Waals surface area contributed by atoms with Crippen LogP contribution in [0.3, 0.4) is 0 Å². The zero-order valence-corrected chi connectivity index (χ0v) is 12.2. The van der Waals surface area contributed by atoms with Crippen LogP contribution < -0.4 is 5.32 Å². The molecule has 0 radical (unpaired) electrons. The topological polar surface area (TPSA) is 53.7 Å². The molecular formula is C13H18N4OS. The van der Waals surface area contributed by atoms with Crippen LogP contribution in [0.15, 0.2) is 34.0 Å². The largest absolute Gasteiger partial charge is 0.364 e. The van der Waals surface area contributed by atoms with Crippen LogP contribution in [-0.4, -0.2) is 30.1 Å². The first-order chi connectivity index (χ1) is 9.19. The molecule has 2 aromatic heterocycles. The molecule has 1 N–H and O–H groups in total. The van der Waals surface area contributed by atoms with E-state index in [1.165, 1.54) is 9.75 Å². The van der Waals surface area contributed by atoms with Crippen molar-refractivity contribution in [2.24, 2.45) is 4.99 Å². The fourth-order valence-corrected chi connectivity index (χ4v) is 2.60. The molecule has 0 aliphatic rings. The zero-order valence-electron chi connectivity index (χ0n) is 11.4. The van der Waals surface area contributed by atoms with Crippen molar-refractivity contribution in [3.8, 4) is 0 Å². The third-order valence-corrected chi connectivity index (χ3v) is 3.68. The second-order valence-corrected chi connectivity index (χ2v) is 5.63. The molecule has 0 spiro atoms. The molecule has 0 saturated heterocycles. The SMILES string of the molecule is CN=C(NCc1ccc(C)s1)N(C)Cc1ccon1. The lowest BCUT2D eigenvalue weighted by Gasteiger charge is -2.20. The average Bonchev–Trinajstić information content (AvgIpc) is 3.02. The fourth-order valence-electron chi connectivity index (χ4n) is 1.77. The van der Waals surface area contributed by atoms with E-state index in [0.717, 1.165) is 18.2 Å². The minimum atomic E-state index is 0.666. The van der Waals surface area contributed by atoms with Gasteiger partial charge in [-0.05, 0) is 19.1 Å². The van der Waals surface area contributed by atoms with Gasteiger partial charge in [0.2, 0.25) is 0 Å². The van der Waals surface area contributed by atoms with Gasteiger partial charge in [-0.25, -0.2) is 0 Å². The van der Waals surface area contributed by atoms with Crippen molar-refractivity contribution in [1.82, 2.24) is 15.4 Å². The van der Waals surface area contributed by atoms with E-state index in [1.807, 2.05) is 18.0 Å². The summed E-state index contributed by atoms with van der Waals surface area (Å²) in [5, 5.41) is 7.24. The van der Waals surface area contributed by atoms with Crippen LogP contribution in [0.25, 0.3) is 0 Å². The number of hydrogen-bond donors (Lipinski definition) is 1. The number of rotatable bonds is 4. The summed E-state index contributed by atoms with van der Waals surface area (Å²) in [4.78, 5) is 8.90. The van der Waals surface area contributed by atoms with Crippen LogP contribution in [0.1, 0.15) is 15.4 Å². The highest BCUT2D eigenvalue weighted by atomic mass is 32.1. The van der Waals surface area contributed by atoms with E-state index in [1.54, 1.807) is 24.6 Å². The standard InChI is InChI=1S/C13H18N4OS/c1-10-4-5-12(19-10)8-15-13(14-2)17(3)9-11-6-7-18-16-11/h4-7H,8-9H2,1-3H3,(H,14,15). The fraction of sp³-hybridized carbons (Fsp3) is 0.385. The van der Waals surface area contributed by atoms with Crippen molar-refractivity contribution >= 4 is 17.3 Å². The Labute approximate surface area is 116 Å². The number of thiophene rings is 1. The second-order valence-electron chi connectivity index (χ2n) is 4.26. The molecule has 0 aliphatic carbocycles. The molecule has 0 aromatic carbocycles. The quantitative estimate of drug-likeness (QED) is 0.688. The van der Waals surface area contributed by atoms with Gasteiger partial charge in [-0.3, -0.25) is 4.99 Å². The number of aliphatic imine (C=N–C) groups is 1. The molecule has 0 atom stereocenters. The summed E-state index contributed by atoms with van der Waals surface area (Å²) < 4.78 is 4.83. The Hall–Kier alpha value is -1.82. The van der Waals surface area contributed by atoms with Crippen LogP contribution >= 0.6 is 11.3 Å². The van der Waals surface area contributed by atoms with E-state index in [4.69, 9.17) is 4.52 Å². The van der Waals surface area contributed by atoms with Gasteiger partial charge in [0, 0.05) is 29.9 Å². The minimum absolute atomic E-state index is 0.666. The Morgan fingerprint density at radius 3 is 2.89 bits per heavy atom. The van der Waals surface area contributed by atoms with Crippen molar-refractivity contribution in [3.05, 3.63) is 39.9 Å². The highest BCUT2D eigenvalue weighted by molar-refractivity contribution is 7.11. The maximum absolute atomic E-state index is 4.83. The van der Waals surface area contributed by atoms with Crippen LogP contribution in [0.4, 0.5) is 0 Å². The van der Waals surface area contributed by atoms with Gasteiger partial charge in [-0.1, -0.05) is 5.16 Å². The maximum Gasteiger partial charge on any atom is 0.194 e. The third kappa shape index (κ3) is 3.82. The van der Waals surface area contributed by atoms with E-state index in [-0.39, 0.29) is 0 Å². The number of aryl methyl sites for hydroxylation is 1. The molecule has 2 heterocycles. The molecule has 6 heteroatoms. The Bertz CT molecular complexity index is 533. The van der Waals surface area contributed by atoms with Gasteiger partial charge < -0.3 is 14.7 Å². The second kappa shape index (κ2) is 6.38. The third-order valence-electron chi connectivity index (χ3n) is 2.68. The number of nitrogens with zero attached hydrogens (tertiary/aromatic N) is 3. The minimum Gasteiger partial charge on any atom is -0.364 e. The predicted molar refractivity (Wildman–Crippen MR) is 77.2 cm³/mol. The molecule has 19 heavy (non-hydrogen) atoms. The van der Waals surface area contributed by atoms with Crippen LogP contribution in [-0.2, 0) is 13.1 Å². The van der Waals surface area contributed by atoms with Crippen molar-refractivity contribution in [3.63, 3.8) is 0 Å². The summed E-state index contributed by atoms with van der Waals surface area (Å²) in [5.74, 6) is 0.842. The lowest BCUT2D eigenvalue weighted by Crippen LogP contribution is -2.37. The molecule has 0 bridgehead atoms. The summed E-state index contributed by atoms with van der Waals surface area (Å²) in [7, 11) is 3.75. The summed E-state index contributed by atoms with van der Waals surface area (Å²) in [6, 6.07) is 6.12. The molecule has 0 amide bonds. The molecule has 0 unspecified atom stereocenters. The number of aromatic nitrogens is 1. The molecule has 5 nitrogen and oxygen atoms in total. The van der Waals surface area contributed by atoms with Crippen molar-refractivity contribution < 1.29 is 4.52 Å². The Morgan fingerprint density at radius 2 is 2.32 bits per heavy atom. The first-order valence-electron chi connectivity index (χ1n) is 6.05. The van der Waals surface area contributed by atoms with Crippen molar-refractivity contribution in [1.29, 1.82) is 0 Å². The van der Waals surface area contributed by atoms with Gasteiger partial charge >= 0.3 is 0 Å². The summed E-state index contributed by atoms with van der Waals surface area (Å²) in [6.45, 7) is 3.56. The number of nitrogens with one attached hydrogen (secondary N) is 1. The summed E-state index contributed by atoms with van der Waals surface area (Å²) in [6.07, 6.45) is 1.58. The molecule has 2 rings (SSSR count). The van der Waals surface area contributed by atoms with Gasteiger partial charge in [0.25, 0.3) is 0 Å². The predicted octanol–water partition coefficient (Wildman–Crippen LogP) is 2.25. The van der Waals surface area contributed by atoms with Crippen LogP contribution in [0, 0.1) is 6.92 Å². The lowest BCUT2D eigenvalue weighted by molar-refractivity contribution is 0.391. The van der Waals surface area contributed by atoms with Gasteiger partial charge in [0.05, 0.1) is 13.1 Å². The average molecular weight is 278 g/mol. The molecule has 102 valence electrons. The van der Waals surface area contributed by atoms with Gasteiger partial charge in [-0.2, -0.15) is 0 Å². The van der Waals surface area contributed by atoms with Crippen molar-refractivity contribution in [2.45, 2.75) is 20.0 Å². The van der Waals surface area contributed by atoms with E-state index in [0.29, 0.717) is 6.54 Å². The molecule has 0 fully saturated rings. The number of hydrogen-bond acceptors (Lipinski definition) is 4. The zero-order chi connectivity index (χ0) is 13.7.